The second-order valence-corrected chi connectivity index (χ2v) is 6.62. The van der Waals surface area contributed by atoms with E-state index in [4.69, 9.17) is 5.41 Å². The topological polar surface area (TPSA) is 107 Å². The first-order valence-corrected chi connectivity index (χ1v) is 8.71. The molecular weight excluding hydrogens is 385 g/mol. The van der Waals surface area contributed by atoms with Crippen molar-refractivity contribution in [1.29, 1.82) is 5.41 Å². The Morgan fingerprint density at radius 2 is 2.03 bits per heavy atom. The van der Waals surface area contributed by atoms with Gasteiger partial charge in [-0.1, -0.05) is 0 Å². The molecule has 3 aromatic rings. The van der Waals surface area contributed by atoms with E-state index >= 15 is 0 Å². The lowest BCUT2D eigenvalue weighted by atomic mass is 10.1. The summed E-state index contributed by atoms with van der Waals surface area (Å²) in [4.78, 5) is 23.7. The normalized spacial score (nSPS) is 12.6. The maximum absolute atomic E-state index is 13.5. The van der Waals surface area contributed by atoms with E-state index in [9.17, 15) is 18.0 Å². The summed E-state index contributed by atoms with van der Waals surface area (Å²) in [5, 5.41) is 13.5. The van der Waals surface area contributed by atoms with Gasteiger partial charge in [-0.25, -0.2) is 23.1 Å². The number of nitrogens with one attached hydrogen (secondary N) is 4. The largest absolute Gasteiger partial charge is 0.387 e. The first-order chi connectivity index (χ1) is 13.6. The molecule has 0 saturated heterocycles. The predicted octanol–water partition coefficient (Wildman–Crippen LogP) is 3.33. The molecule has 0 radical (unpaired) electrons. The van der Waals surface area contributed by atoms with Crippen LogP contribution in [-0.4, -0.2) is 45.6 Å². The highest BCUT2D eigenvalue weighted by Gasteiger charge is 2.32. The van der Waals surface area contributed by atoms with E-state index in [-0.39, 0.29) is 28.1 Å². The van der Waals surface area contributed by atoms with Crippen LogP contribution in [0.3, 0.4) is 0 Å². The second-order valence-electron chi connectivity index (χ2n) is 6.62. The number of hydrogen-bond donors (Lipinski definition) is 4. The Morgan fingerprint density at radius 1 is 1.31 bits per heavy atom. The Balaban J connectivity index is 1.97. The number of rotatable bonds is 6. The number of halogens is 3. The van der Waals surface area contributed by atoms with Gasteiger partial charge in [0.25, 0.3) is 11.8 Å². The minimum absolute atomic E-state index is 0.0335. The fraction of sp³-hybridized carbons (Fsp3) is 0.263. The van der Waals surface area contributed by atoms with Crippen LogP contribution in [0.15, 0.2) is 30.6 Å². The van der Waals surface area contributed by atoms with Gasteiger partial charge >= 0.3 is 0 Å². The Labute approximate surface area is 164 Å². The van der Waals surface area contributed by atoms with Crippen LogP contribution < -0.4 is 10.6 Å². The van der Waals surface area contributed by atoms with Crippen LogP contribution in [0.5, 0.6) is 0 Å². The van der Waals surface area contributed by atoms with Crippen LogP contribution in [0.25, 0.3) is 11.2 Å². The maximum Gasteiger partial charge on any atom is 0.264 e. The highest BCUT2D eigenvalue weighted by molar-refractivity contribution is 6.14. The van der Waals surface area contributed by atoms with Gasteiger partial charge in [-0.3, -0.25) is 10.2 Å². The quantitative estimate of drug-likeness (QED) is 0.473. The zero-order chi connectivity index (χ0) is 21.3. The summed E-state index contributed by atoms with van der Waals surface area (Å²) in [6, 6.07) is 2.52. The molecule has 3 rings (SSSR count). The number of alkyl halides is 2. The van der Waals surface area contributed by atoms with Gasteiger partial charge in [0.05, 0.1) is 23.5 Å². The summed E-state index contributed by atoms with van der Waals surface area (Å²) in [7, 11) is 1.60. The zero-order valence-electron chi connectivity index (χ0n) is 15.9. The van der Waals surface area contributed by atoms with Crippen LogP contribution in [0.1, 0.15) is 35.5 Å². The van der Waals surface area contributed by atoms with Crippen LogP contribution in [0, 0.1) is 11.2 Å². The van der Waals surface area contributed by atoms with Crippen molar-refractivity contribution in [2.45, 2.75) is 25.8 Å². The average molecular weight is 404 g/mol. The number of fused-ring (bicyclic) bond motifs is 1. The average Bonchev–Trinajstić information content (AvgIpc) is 3.09. The SMILES string of the molecule is CNc1cc(F)ccc1C(=N)c1cnc2[nH]cc(C(=O)NC(C)C(C)(F)F)c2n1. The van der Waals surface area contributed by atoms with Gasteiger partial charge in [-0.05, 0) is 25.1 Å². The number of carbonyl (C=O) groups is 1. The van der Waals surface area contributed by atoms with Crippen LogP contribution in [0.2, 0.25) is 0 Å². The molecule has 152 valence electrons. The van der Waals surface area contributed by atoms with E-state index in [0.717, 1.165) is 0 Å². The zero-order valence-corrected chi connectivity index (χ0v) is 15.9. The van der Waals surface area contributed by atoms with Gasteiger partial charge in [0.15, 0.2) is 5.65 Å². The van der Waals surface area contributed by atoms with Gasteiger partial charge in [-0.2, -0.15) is 0 Å². The van der Waals surface area contributed by atoms with Gasteiger partial charge in [0.1, 0.15) is 17.0 Å². The van der Waals surface area contributed by atoms with E-state index in [2.05, 4.69) is 25.6 Å². The molecule has 0 saturated carbocycles. The van der Waals surface area contributed by atoms with Crippen molar-refractivity contribution in [2.24, 2.45) is 0 Å². The predicted molar refractivity (Wildman–Crippen MR) is 103 cm³/mol. The monoisotopic (exact) mass is 404 g/mol. The van der Waals surface area contributed by atoms with Crippen LogP contribution in [-0.2, 0) is 0 Å². The Bertz CT molecular complexity index is 1090. The first kappa shape index (κ1) is 20.3. The molecule has 0 spiro atoms. The smallest absolute Gasteiger partial charge is 0.264 e. The molecule has 1 unspecified atom stereocenters. The molecule has 4 N–H and O–H groups in total. The third-order valence-corrected chi connectivity index (χ3v) is 4.51. The highest BCUT2D eigenvalue weighted by Crippen LogP contribution is 2.22. The molecule has 0 fully saturated rings. The minimum atomic E-state index is -3.09. The number of aromatic amines is 1. The fourth-order valence-electron chi connectivity index (χ4n) is 2.67. The van der Waals surface area contributed by atoms with Crippen molar-refractivity contribution >= 4 is 28.5 Å². The molecule has 2 aromatic heterocycles. The van der Waals surface area contributed by atoms with E-state index in [1.165, 1.54) is 37.5 Å². The summed E-state index contributed by atoms with van der Waals surface area (Å²) in [6.45, 7) is 1.92. The third kappa shape index (κ3) is 4.05. The lowest BCUT2D eigenvalue weighted by Crippen LogP contribution is -2.43. The lowest BCUT2D eigenvalue weighted by Gasteiger charge is -2.20. The van der Waals surface area contributed by atoms with Crippen molar-refractivity contribution < 1.29 is 18.0 Å². The molecule has 10 heteroatoms. The van der Waals surface area contributed by atoms with E-state index in [0.29, 0.717) is 18.2 Å². The van der Waals surface area contributed by atoms with Gasteiger partial charge in [0, 0.05) is 31.4 Å². The molecule has 0 aliphatic rings. The molecule has 1 aromatic carbocycles. The number of benzene rings is 1. The third-order valence-electron chi connectivity index (χ3n) is 4.51. The summed E-state index contributed by atoms with van der Waals surface area (Å²) >= 11 is 0. The molecule has 29 heavy (non-hydrogen) atoms. The van der Waals surface area contributed by atoms with E-state index in [1.54, 1.807) is 7.05 Å². The molecule has 1 atom stereocenters. The van der Waals surface area contributed by atoms with Crippen molar-refractivity contribution in [3.8, 4) is 0 Å². The molecule has 1 amide bonds. The van der Waals surface area contributed by atoms with Gasteiger partial charge < -0.3 is 15.6 Å². The Kier molecular flexibility index (Phi) is 5.27. The highest BCUT2D eigenvalue weighted by atomic mass is 19.3. The van der Waals surface area contributed by atoms with E-state index < -0.39 is 23.7 Å². The molecule has 7 nitrogen and oxygen atoms in total. The number of H-pyrrole nitrogens is 1. The number of carbonyl (C=O) groups excluding carboxylic acids is 1. The summed E-state index contributed by atoms with van der Waals surface area (Å²) < 4.78 is 40.2. The number of anilines is 1. The van der Waals surface area contributed by atoms with Crippen LogP contribution >= 0.6 is 0 Å². The first-order valence-electron chi connectivity index (χ1n) is 8.71. The van der Waals surface area contributed by atoms with Crippen LogP contribution in [0.4, 0.5) is 18.9 Å². The molecule has 0 aliphatic carbocycles. The van der Waals surface area contributed by atoms with Gasteiger partial charge in [-0.15, -0.1) is 0 Å². The molecule has 0 aliphatic heterocycles. The van der Waals surface area contributed by atoms with Crippen molar-refractivity contribution in [1.82, 2.24) is 20.3 Å². The molecular formula is C19H19F3N6O. The number of nitrogens with zero attached hydrogens (tertiary/aromatic N) is 2. The molecule has 2 heterocycles. The summed E-state index contributed by atoms with van der Waals surface area (Å²) in [5.41, 5.74) is 1.34. The summed E-state index contributed by atoms with van der Waals surface area (Å²) in [6.07, 6.45) is 2.67. The Morgan fingerprint density at radius 3 is 2.69 bits per heavy atom. The standard InChI is InChI=1S/C19H19F3N6O/c1-9(19(2,21)22)27-18(29)12-7-25-17-16(12)28-14(8-26-17)15(23)11-5-4-10(20)6-13(11)24-3/h4-9,23-24H,1-3H3,(H,25,26)(H,27,29). The van der Waals surface area contributed by atoms with Crippen molar-refractivity contribution in [3.63, 3.8) is 0 Å². The summed E-state index contributed by atoms with van der Waals surface area (Å²) in [5.74, 6) is -4.29. The minimum Gasteiger partial charge on any atom is -0.387 e. The van der Waals surface area contributed by atoms with Crippen molar-refractivity contribution in [3.05, 3.63) is 53.2 Å². The van der Waals surface area contributed by atoms with Crippen molar-refractivity contribution in [2.75, 3.05) is 12.4 Å². The Hall–Kier alpha value is -3.43. The number of amides is 1. The fourth-order valence-corrected chi connectivity index (χ4v) is 2.67. The second kappa shape index (κ2) is 7.53. The maximum atomic E-state index is 13.5. The lowest BCUT2D eigenvalue weighted by molar-refractivity contribution is -0.0108. The van der Waals surface area contributed by atoms with E-state index in [1.807, 2.05) is 0 Å². The number of hydrogen-bond acceptors (Lipinski definition) is 5. The molecule has 0 bridgehead atoms. The number of aromatic nitrogens is 3. The van der Waals surface area contributed by atoms with Gasteiger partial charge in [0.2, 0.25) is 0 Å².